The van der Waals surface area contributed by atoms with E-state index in [4.69, 9.17) is 10.5 Å². The zero-order chi connectivity index (χ0) is 20.0. The molecule has 3 rings (SSSR count). The first-order chi connectivity index (χ1) is 13.5. The van der Waals surface area contributed by atoms with Crippen molar-refractivity contribution in [2.24, 2.45) is 5.73 Å². The molecule has 0 unspecified atom stereocenters. The zero-order valence-electron chi connectivity index (χ0n) is 15.1. The second-order valence-corrected chi connectivity index (χ2v) is 6.14. The second kappa shape index (κ2) is 8.76. The maximum absolute atomic E-state index is 14.2. The van der Waals surface area contributed by atoms with Crippen LogP contribution in [0.15, 0.2) is 84.9 Å². The Bertz CT molecular complexity index is 918. The van der Waals surface area contributed by atoms with Crippen molar-refractivity contribution >= 4 is 11.1 Å². The van der Waals surface area contributed by atoms with Crippen LogP contribution in [-0.2, 0) is 0 Å². The Kier molecular flexibility index (Phi) is 6.16. The summed E-state index contributed by atoms with van der Waals surface area (Å²) in [6.07, 6.45) is -4.53. The fourth-order valence-electron chi connectivity index (χ4n) is 3.01. The van der Waals surface area contributed by atoms with E-state index in [1.54, 1.807) is 72.8 Å². The van der Waals surface area contributed by atoms with Gasteiger partial charge in [-0.1, -0.05) is 72.8 Å². The average Bonchev–Trinajstić information content (AvgIpc) is 2.71. The lowest BCUT2D eigenvalue weighted by atomic mass is 9.89. The molecule has 0 saturated carbocycles. The number of ether oxygens (including phenoxy) is 1. The van der Waals surface area contributed by atoms with Gasteiger partial charge in [-0.15, -0.1) is 0 Å². The van der Waals surface area contributed by atoms with Crippen molar-refractivity contribution in [3.8, 4) is 5.75 Å². The van der Waals surface area contributed by atoms with Crippen molar-refractivity contribution in [3.05, 3.63) is 102 Å². The third-order valence-electron chi connectivity index (χ3n) is 4.19. The summed E-state index contributed by atoms with van der Waals surface area (Å²) in [5.41, 5.74) is 5.96. The molecule has 0 atom stereocenters. The van der Waals surface area contributed by atoms with Gasteiger partial charge in [-0.3, -0.25) is 0 Å². The van der Waals surface area contributed by atoms with Crippen LogP contribution in [0, 0.1) is 0 Å². The van der Waals surface area contributed by atoms with Crippen molar-refractivity contribution in [2.75, 3.05) is 13.2 Å². The van der Waals surface area contributed by atoms with Crippen LogP contribution < -0.4 is 10.5 Å². The van der Waals surface area contributed by atoms with Crippen molar-refractivity contribution < 1.29 is 17.9 Å². The molecule has 0 aromatic heterocycles. The molecule has 0 bridgehead atoms. The van der Waals surface area contributed by atoms with Gasteiger partial charge < -0.3 is 10.5 Å². The molecule has 0 amide bonds. The van der Waals surface area contributed by atoms with Crippen LogP contribution in [0.3, 0.4) is 0 Å². The number of halogens is 3. The van der Waals surface area contributed by atoms with Gasteiger partial charge in [0.1, 0.15) is 12.4 Å². The Morgan fingerprint density at radius 2 is 1.21 bits per heavy atom. The summed E-state index contributed by atoms with van der Waals surface area (Å²) in [4.78, 5) is 0. The van der Waals surface area contributed by atoms with Gasteiger partial charge in [0.2, 0.25) is 0 Å². The summed E-state index contributed by atoms with van der Waals surface area (Å²) < 4.78 is 48.0. The van der Waals surface area contributed by atoms with E-state index >= 15 is 0 Å². The number of allylic oxidation sites excluding steroid dienone is 1. The maximum atomic E-state index is 14.2. The third kappa shape index (κ3) is 4.61. The van der Waals surface area contributed by atoms with Gasteiger partial charge in [-0.25, -0.2) is 0 Å². The standard InChI is InChI=1S/C23H20F3NO/c24-23(25,26)22(19-9-5-2-6-10-19)21(17-7-3-1-4-8-17)18-11-13-20(14-12-18)28-16-15-27/h1-14H,15-16,27H2/b22-21+. The number of benzene rings is 3. The highest BCUT2D eigenvalue weighted by atomic mass is 19.4. The lowest BCUT2D eigenvalue weighted by Gasteiger charge is -2.20. The number of nitrogens with two attached hydrogens (primary N) is 1. The van der Waals surface area contributed by atoms with E-state index in [1.165, 1.54) is 12.1 Å². The zero-order valence-corrected chi connectivity index (χ0v) is 15.1. The average molecular weight is 383 g/mol. The van der Waals surface area contributed by atoms with Crippen molar-refractivity contribution in [2.45, 2.75) is 6.18 Å². The summed E-state index contributed by atoms with van der Waals surface area (Å²) in [5.74, 6) is 0.565. The number of hydrogen-bond donors (Lipinski definition) is 1. The highest BCUT2D eigenvalue weighted by Gasteiger charge is 2.38. The minimum Gasteiger partial charge on any atom is -0.492 e. The molecule has 2 N–H and O–H groups in total. The van der Waals surface area contributed by atoms with Crippen LogP contribution in [0.4, 0.5) is 13.2 Å². The predicted octanol–water partition coefficient (Wildman–Crippen LogP) is 5.55. The Hall–Kier alpha value is -3.05. The van der Waals surface area contributed by atoms with Crippen molar-refractivity contribution in [1.82, 2.24) is 0 Å². The molecule has 3 aromatic carbocycles. The minimum absolute atomic E-state index is 0.123. The first kappa shape index (κ1) is 19.7. The molecule has 144 valence electrons. The molecule has 0 aliphatic heterocycles. The largest absolute Gasteiger partial charge is 0.492 e. The fourth-order valence-corrected chi connectivity index (χ4v) is 3.01. The molecule has 0 fully saturated rings. The van der Waals surface area contributed by atoms with E-state index in [9.17, 15) is 13.2 Å². The normalized spacial score (nSPS) is 12.4. The van der Waals surface area contributed by atoms with Gasteiger partial charge in [0.05, 0.1) is 5.57 Å². The third-order valence-corrected chi connectivity index (χ3v) is 4.19. The number of alkyl halides is 3. The molecule has 3 aromatic rings. The lowest BCUT2D eigenvalue weighted by Crippen LogP contribution is -2.14. The summed E-state index contributed by atoms with van der Waals surface area (Å²) >= 11 is 0. The summed E-state index contributed by atoms with van der Waals surface area (Å²) in [6, 6.07) is 23.1. The van der Waals surface area contributed by atoms with Gasteiger partial charge in [0.15, 0.2) is 0 Å². The molecule has 0 radical (unpaired) electrons. The summed E-state index contributed by atoms with van der Waals surface area (Å²) in [5, 5.41) is 0. The Morgan fingerprint density at radius 1 is 0.714 bits per heavy atom. The van der Waals surface area contributed by atoms with Gasteiger partial charge in [0.25, 0.3) is 0 Å². The van der Waals surface area contributed by atoms with Crippen LogP contribution in [-0.4, -0.2) is 19.3 Å². The SMILES string of the molecule is NCCOc1ccc(/C(=C(\c2ccccc2)C(F)(F)F)c2ccccc2)cc1. The van der Waals surface area contributed by atoms with E-state index in [-0.39, 0.29) is 11.1 Å². The molecule has 0 saturated heterocycles. The Labute approximate surface area is 162 Å². The molecular formula is C23H20F3NO. The molecule has 0 aliphatic carbocycles. The fraction of sp³-hybridized carbons (Fsp3) is 0.130. The molecule has 5 heteroatoms. The first-order valence-corrected chi connectivity index (χ1v) is 8.86. The van der Waals surface area contributed by atoms with E-state index in [1.807, 2.05) is 0 Å². The van der Waals surface area contributed by atoms with Crippen LogP contribution in [0.1, 0.15) is 16.7 Å². The van der Waals surface area contributed by atoms with Crippen LogP contribution in [0.2, 0.25) is 0 Å². The topological polar surface area (TPSA) is 35.2 Å². The minimum atomic E-state index is -4.53. The molecular weight excluding hydrogens is 363 g/mol. The second-order valence-electron chi connectivity index (χ2n) is 6.14. The molecule has 0 spiro atoms. The first-order valence-electron chi connectivity index (χ1n) is 8.86. The lowest BCUT2D eigenvalue weighted by molar-refractivity contribution is -0.0685. The Morgan fingerprint density at radius 3 is 1.71 bits per heavy atom. The van der Waals surface area contributed by atoms with Crippen LogP contribution in [0.5, 0.6) is 5.75 Å². The van der Waals surface area contributed by atoms with Gasteiger partial charge in [-0.2, -0.15) is 13.2 Å². The van der Waals surface area contributed by atoms with E-state index in [0.717, 1.165) is 0 Å². The highest BCUT2D eigenvalue weighted by Crippen LogP contribution is 2.42. The molecule has 28 heavy (non-hydrogen) atoms. The van der Waals surface area contributed by atoms with E-state index in [2.05, 4.69) is 0 Å². The highest BCUT2D eigenvalue weighted by molar-refractivity contribution is 6.00. The van der Waals surface area contributed by atoms with E-state index in [0.29, 0.717) is 30.0 Å². The quantitative estimate of drug-likeness (QED) is 0.567. The number of hydrogen-bond acceptors (Lipinski definition) is 2. The summed E-state index contributed by atoms with van der Waals surface area (Å²) in [7, 11) is 0. The van der Waals surface area contributed by atoms with Gasteiger partial charge in [-0.05, 0) is 28.8 Å². The van der Waals surface area contributed by atoms with E-state index < -0.39 is 11.7 Å². The molecule has 2 nitrogen and oxygen atoms in total. The van der Waals surface area contributed by atoms with Gasteiger partial charge >= 0.3 is 6.18 Å². The molecule has 0 aliphatic rings. The van der Waals surface area contributed by atoms with Crippen molar-refractivity contribution in [1.29, 1.82) is 0 Å². The summed E-state index contributed by atoms with van der Waals surface area (Å²) in [6.45, 7) is 0.710. The van der Waals surface area contributed by atoms with Crippen molar-refractivity contribution in [3.63, 3.8) is 0 Å². The smallest absolute Gasteiger partial charge is 0.417 e. The monoisotopic (exact) mass is 383 g/mol. The van der Waals surface area contributed by atoms with Crippen LogP contribution in [0.25, 0.3) is 11.1 Å². The maximum Gasteiger partial charge on any atom is 0.417 e. The Balaban J connectivity index is 2.22. The number of rotatable bonds is 6. The van der Waals surface area contributed by atoms with Crippen LogP contribution >= 0.6 is 0 Å². The van der Waals surface area contributed by atoms with Gasteiger partial charge in [0, 0.05) is 12.1 Å². The predicted molar refractivity (Wildman–Crippen MR) is 106 cm³/mol. The molecule has 0 heterocycles.